The Morgan fingerprint density at radius 2 is 1.78 bits per heavy atom. The molecule has 1 saturated carbocycles. The minimum atomic E-state index is -0.322. The second kappa shape index (κ2) is 8.56. The number of benzene rings is 1. The zero-order chi connectivity index (χ0) is 16.7. The van der Waals surface area contributed by atoms with Crippen LogP contribution in [0.2, 0.25) is 0 Å². The highest BCUT2D eigenvalue weighted by Crippen LogP contribution is 2.23. The van der Waals surface area contributed by atoms with E-state index in [1.54, 1.807) is 0 Å². The Morgan fingerprint density at radius 3 is 2.48 bits per heavy atom. The summed E-state index contributed by atoms with van der Waals surface area (Å²) in [5, 5.41) is 8.39. The Bertz CT molecular complexity index is 528. The van der Waals surface area contributed by atoms with Crippen molar-refractivity contribution >= 4 is 11.9 Å². The van der Waals surface area contributed by atoms with E-state index in [4.69, 9.17) is 0 Å². The lowest BCUT2D eigenvalue weighted by Crippen LogP contribution is -2.47. The van der Waals surface area contributed by atoms with Crippen molar-refractivity contribution < 1.29 is 9.59 Å². The molecule has 5 nitrogen and oxygen atoms in total. The van der Waals surface area contributed by atoms with Gasteiger partial charge in [-0.1, -0.05) is 49.6 Å². The number of urea groups is 1. The van der Waals surface area contributed by atoms with Gasteiger partial charge in [-0.3, -0.25) is 4.79 Å². The highest BCUT2D eigenvalue weighted by atomic mass is 16.2. The number of aryl methyl sites for hydroxylation is 1. The van der Waals surface area contributed by atoms with E-state index in [1.807, 2.05) is 31.2 Å². The first-order chi connectivity index (χ1) is 11.0. The van der Waals surface area contributed by atoms with Crippen molar-refractivity contribution in [3.05, 3.63) is 35.4 Å². The molecular weight excluding hydrogens is 290 g/mol. The molecule has 23 heavy (non-hydrogen) atoms. The number of nitrogens with one attached hydrogen (secondary N) is 3. The van der Waals surface area contributed by atoms with Gasteiger partial charge < -0.3 is 16.0 Å². The average Bonchev–Trinajstić information content (AvgIpc) is 2.54. The van der Waals surface area contributed by atoms with Crippen LogP contribution in [-0.4, -0.2) is 24.5 Å². The molecule has 3 N–H and O–H groups in total. The first-order valence-corrected chi connectivity index (χ1v) is 8.41. The van der Waals surface area contributed by atoms with Crippen LogP contribution in [-0.2, 0) is 11.3 Å². The Balaban J connectivity index is 1.65. The van der Waals surface area contributed by atoms with Crippen LogP contribution >= 0.6 is 0 Å². The summed E-state index contributed by atoms with van der Waals surface area (Å²) in [6, 6.07) is 7.90. The minimum absolute atomic E-state index is 0.0168. The number of hydrogen-bond acceptors (Lipinski definition) is 2. The zero-order valence-corrected chi connectivity index (χ0v) is 14.0. The number of hydrogen-bond donors (Lipinski definition) is 3. The van der Waals surface area contributed by atoms with Crippen molar-refractivity contribution in [2.24, 2.45) is 5.92 Å². The van der Waals surface area contributed by atoms with E-state index in [-0.39, 0.29) is 24.5 Å². The van der Waals surface area contributed by atoms with Gasteiger partial charge in [0.25, 0.3) is 0 Å². The fraction of sp³-hybridized carbons (Fsp3) is 0.556. The topological polar surface area (TPSA) is 70.2 Å². The largest absolute Gasteiger partial charge is 0.352 e. The highest BCUT2D eigenvalue weighted by molar-refractivity contribution is 5.84. The molecule has 0 heterocycles. The smallest absolute Gasteiger partial charge is 0.315 e. The molecule has 126 valence electrons. The van der Waals surface area contributed by atoms with Crippen LogP contribution in [0.15, 0.2) is 24.3 Å². The van der Waals surface area contributed by atoms with Crippen LogP contribution in [0.1, 0.15) is 43.7 Å². The molecule has 0 bridgehead atoms. The van der Waals surface area contributed by atoms with Crippen LogP contribution < -0.4 is 16.0 Å². The van der Waals surface area contributed by atoms with Gasteiger partial charge in [-0.15, -0.1) is 0 Å². The quantitative estimate of drug-likeness (QED) is 0.781. The number of amides is 3. The van der Waals surface area contributed by atoms with Gasteiger partial charge in [-0.25, -0.2) is 4.79 Å². The summed E-state index contributed by atoms with van der Waals surface area (Å²) < 4.78 is 0. The summed E-state index contributed by atoms with van der Waals surface area (Å²) in [7, 11) is 0. The van der Waals surface area contributed by atoms with Gasteiger partial charge in [-0.2, -0.15) is 0 Å². The van der Waals surface area contributed by atoms with Crippen LogP contribution in [0, 0.1) is 12.8 Å². The van der Waals surface area contributed by atoms with E-state index in [0.29, 0.717) is 12.5 Å². The molecule has 1 fully saturated rings. The lowest BCUT2D eigenvalue weighted by molar-refractivity contribution is -0.121. The molecule has 0 spiro atoms. The van der Waals surface area contributed by atoms with Crippen molar-refractivity contribution in [2.45, 2.75) is 52.1 Å². The van der Waals surface area contributed by atoms with Crippen molar-refractivity contribution in [2.75, 3.05) is 6.54 Å². The van der Waals surface area contributed by atoms with Crippen molar-refractivity contribution in [3.8, 4) is 0 Å². The maximum Gasteiger partial charge on any atom is 0.315 e. The summed E-state index contributed by atoms with van der Waals surface area (Å²) in [5.41, 5.74) is 2.22. The first-order valence-electron chi connectivity index (χ1n) is 8.41. The SMILES string of the molecule is Cc1ccc(CNC(=O)NCC(=O)N[C@H]2CCCC[C@H]2C)cc1. The fourth-order valence-electron chi connectivity index (χ4n) is 2.90. The molecule has 1 aromatic rings. The Morgan fingerprint density at radius 1 is 1.09 bits per heavy atom. The molecule has 2 atom stereocenters. The van der Waals surface area contributed by atoms with E-state index >= 15 is 0 Å². The van der Waals surface area contributed by atoms with E-state index in [9.17, 15) is 9.59 Å². The van der Waals surface area contributed by atoms with Crippen molar-refractivity contribution in [3.63, 3.8) is 0 Å². The summed E-state index contributed by atoms with van der Waals surface area (Å²) in [5.74, 6) is 0.400. The van der Waals surface area contributed by atoms with Crippen LogP contribution in [0.25, 0.3) is 0 Å². The van der Waals surface area contributed by atoms with Gasteiger partial charge >= 0.3 is 6.03 Å². The van der Waals surface area contributed by atoms with Crippen molar-refractivity contribution in [1.82, 2.24) is 16.0 Å². The van der Waals surface area contributed by atoms with Gasteiger partial charge in [-0.05, 0) is 31.2 Å². The Kier molecular flexibility index (Phi) is 6.44. The first kappa shape index (κ1) is 17.3. The molecule has 0 aromatic heterocycles. The number of rotatable bonds is 5. The Labute approximate surface area is 138 Å². The maximum absolute atomic E-state index is 11.9. The standard InChI is InChI=1S/C18H27N3O2/c1-13-7-9-15(10-8-13)11-19-18(23)20-12-17(22)21-16-6-4-3-5-14(16)2/h7-10,14,16H,3-6,11-12H2,1-2H3,(H,21,22)(H2,19,20,23)/t14-,16+/m1/s1. The highest BCUT2D eigenvalue weighted by Gasteiger charge is 2.22. The predicted molar refractivity (Wildman–Crippen MR) is 91.0 cm³/mol. The van der Waals surface area contributed by atoms with Crippen molar-refractivity contribution in [1.29, 1.82) is 0 Å². The molecular formula is C18H27N3O2. The van der Waals surface area contributed by atoms with Gasteiger partial charge in [0.2, 0.25) is 5.91 Å². The number of carbonyl (C=O) groups excluding carboxylic acids is 2. The van der Waals surface area contributed by atoms with E-state index in [2.05, 4.69) is 22.9 Å². The van der Waals surface area contributed by atoms with E-state index < -0.39 is 0 Å². The second-order valence-electron chi connectivity index (χ2n) is 6.46. The third-order valence-corrected chi connectivity index (χ3v) is 4.44. The molecule has 5 heteroatoms. The molecule has 0 radical (unpaired) electrons. The third kappa shape index (κ3) is 5.93. The second-order valence-corrected chi connectivity index (χ2v) is 6.46. The van der Waals surface area contributed by atoms with Crippen LogP contribution in [0.4, 0.5) is 4.79 Å². The fourth-order valence-corrected chi connectivity index (χ4v) is 2.90. The van der Waals surface area contributed by atoms with E-state index in [1.165, 1.54) is 18.4 Å². The average molecular weight is 317 g/mol. The Hall–Kier alpha value is -2.04. The normalized spacial score (nSPS) is 20.6. The minimum Gasteiger partial charge on any atom is -0.352 e. The van der Waals surface area contributed by atoms with E-state index in [0.717, 1.165) is 18.4 Å². The molecule has 0 aliphatic heterocycles. The summed E-state index contributed by atoms with van der Waals surface area (Å²) in [4.78, 5) is 23.7. The summed E-state index contributed by atoms with van der Waals surface area (Å²) in [6.45, 7) is 4.66. The molecule has 1 aliphatic carbocycles. The lowest BCUT2D eigenvalue weighted by atomic mass is 9.86. The molecule has 2 rings (SSSR count). The van der Waals surface area contributed by atoms with Gasteiger partial charge in [0, 0.05) is 12.6 Å². The molecule has 0 unspecified atom stereocenters. The zero-order valence-electron chi connectivity index (χ0n) is 14.0. The maximum atomic E-state index is 11.9. The summed E-state index contributed by atoms with van der Waals surface area (Å²) in [6.07, 6.45) is 4.61. The van der Waals surface area contributed by atoms with Gasteiger partial charge in [0.15, 0.2) is 0 Å². The lowest BCUT2D eigenvalue weighted by Gasteiger charge is -2.29. The third-order valence-electron chi connectivity index (χ3n) is 4.44. The predicted octanol–water partition coefficient (Wildman–Crippen LogP) is 2.49. The molecule has 1 aromatic carbocycles. The van der Waals surface area contributed by atoms with Gasteiger partial charge in [0.1, 0.15) is 0 Å². The van der Waals surface area contributed by atoms with Crippen LogP contribution in [0.3, 0.4) is 0 Å². The summed E-state index contributed by atoms with van der Waals surface area (Å²) >= 11 is 0. The van der Waals surface area contributed by atoms with Gasteiger partial charge in [0.05, 0.1) is 6.54 Å². The molecule has 3 amide bonds. The van der Waals surface area contributed by atoms with Crippen LogP contribution in [0.5, 0.6) is 0 Å². The number of carbonyl (C=O) groups is 2. The molecule has 1 aliphatic rings. The molecule has 0 saturated heterocycles. The monoisotopic (exact) mass is 317 g/mol.